The Bertz CT molecular complexity index is 680. The summed E-state index contributed by atoms with van der Waals surface area (Å²) >= 11 is 1.52. The molecule has 2 aromatic rings. The van der Waals surface area contributed by atoms with Crippen molar-refractivity contribution in [3.8, 4) is 0 Å². The molecule has 2 heterocycles. The lowest BCUT2D eigenvalue weighted by Crippen LogP contribution is -2.36. The molecule has 0 aromatic carbocycles. The van der Waals surface area contributed by atoms with Gasteiger partial charge in [0.2, 0.25) is 0 Å². The minimum absolute atomic E-state index is 0.341. The fraction of sp³-hybridized carbons (Fsp3) is 0.500. The zero-order valence-corrected chi connectivity index (χ0v) is 11.0. The van der Waals surface area contributed by atoms with E-state index in [9.17, 15) is 9.59 Å². The Morgan fingerprint density at radius 3 is 2.47 bits per heavy atom. The molecular weight excluding hydrogens is 240 g/mol. The van der Waals surface area contributed by atoms with E-state index in [4.69, 9.17) is 0 Å². The number of fused-ring (bicyclic) bond motifs is 1. The van der Waals surface area contributed by atoms with Crippen molar-refractivity contribution in [1.82, 2.24) is 19.1 Å². The van der Waals surface area contributed by atoms with Gasteiger partial charge in [-0.2, -0.15) is 0 Å². The van der Waals surface area contributed by atoms with Crippen LogP contribution in [0.5, 0.6) is 0 Å². The van der Waals surface area contributed by atoms with E-state index in [2.05, 4.69) is 9.97 Å². The van der Waals surface area contributed by atoms with Gasteiger partial charge in [0, 0.05) is 19.3 Å². The Balaban J connectivity index is 2.77. The molecule has 17 heavy (non-hydrogen) atoms. The molecule has 2 rings (SSSR count). The lowest BCUT2D eigenvalue weighted by molar-refractivity contribution is 0.708. The maximum absolute atomic E-state index is 11.9. The number of hydrogen-bond acceptors (Lipinski definition) is 4. The zero-order valence-electron chi connectivity index (χ0n) is 10.1. The Morgan fingerprint density at radius 2 is 1.88 bits per heavy atom. The first-order valence-electron chi connectivity index (χ1n) is 5.24. The minimum atomic E-state index is -0.366. The average molecular weight is 254 g/mol. The molecule has 92 valence electrons. The molecule has 0 aliphatic rings. The number of aromatic amines is 1. The monoisotopic (exact) mass is 254 g/mol. The van der Waals surface area contributed by atoms with Gasteiger partial charge in [0.05, 0.1) is 0 Å². The van der Waals surface area contributed by atoms with Crippen molar-refractivity contribution in [2.45, 2.75) is 24.3 Å². The summed E-state index contributed by atoms with van der Waals surface area (Å²) in [5.41, 5.74) is 0.0697. The van der Waals surface area contributed by atoms with Gasteiger partial charge in [0.25, 0.3) is 5.56 Å². The van der Waals surface area contributed by atoms with Crippen LogP contribution in [0.4, 0.5) is 0 Å². The number of aromatic nitrogens is 4. The summed E-state index contributed by atoms with van der Waals surface area (Å²) in [6.07, 6.45) is 0. The molecule has 0 atom stereocenters. The highest BCUT2D eigenvalue weighted by Gasteiger charge is 2.13. The van der Waals surface area contributed by atoms with E-state index >= 15 is 0 Å². The molecule has 0 aliphatic carbocycles. The van der Waals surface area contributed by atoms with Gasteiger partial charge in [0.15, 0.2) is 16.3 Å². The van der Waals surface area contributed by atoms with Crippen LogP contribution in [-0.4, -0.2) is 24.4 Å². The summed E-state index contributed by atoms with van der Waals surface area (Å²) in [7, 11) is 3.06. The molecule has 0 saturated carbocycles. The molecule has 0 aliphatic heterocycles. The van der Waals surface area contributed by atoms with Crippen molar-refractivity contribution in [2.24, 2.45) is 14.1 Å². The molecule has 7 heteroatoms. The molecular formula is C10H14N4O2S. The van der Waals surface area contributed by atoms with E-state index in [0.29, 0.717) is 21.6 Å². The van der Waals surface area contributed by atoms with Crippen LogP contribution in [0.1, 0.15) is 13.8 Å². The molecule has 0 amide bonds. The lowest BCUT2D eigenvalue weighted by atomic mass is 10.5. The molecule has 0 radical (unpaired) electrons. The van der Waals surface area contributed by atoms with Crippen LogP contribution in [0.2, 0.25) is 0 Å². The Kier molecular flexibility index (Phi) is 2.86. The first-order chi connectivity index (χ1) is 7.91. The SMILES string of the molecule is CC(C)Sc1nc2c([nH]1)c(=O)n(C)c(=O)n2C. The molecule has 0 saturated heterocycles. The van der Waals surface area contributed by atoms with E-state index in [1.165, 1.54) is 23.4 Å². The fourth-order valence-corrected chi connectivity index (χ4v) is 2.33. The lowest BCUT2D eigenvalue weighted by Gasteiger charge is -2.00. The molecule has 0 fully saturated rings. The second-order valence-electron chi connectivity index (χ2n) is 4.11. The maximum Gasteiger partial charge on any atom is 0.332 e. The van der Waals surface area contributed by atoms with E-state index in [0.717, 1.165) is 4.57 Å². The Hall–Kier alpha value is -1.50. The third kappa shape index (κ3) is 1.90. The number of H-pyrrole nitrogens is 1. The number of aryl methyl sites for hydroxylation is 1. The highest BCUT2D eigenvalue weighted by atomic mass is 32.2. The van der Waals surface area contributed by atoms with E-state index in [-0.39, 0.29) is 11.2 Å². The number of hydrogen-bond donors (Lipinski definition) is 1. The quantitative estimate of drug-likeness (QED) is 0.790. The van der Waals surface area contributed by atoms with Crippen LogP contribution in [-0.2, 0) is 14.1 Å². The summed E-state index contributed by atoms with van der Waals surface area (Å²) in [5.74, 6) is 0. The predicted molar refractivity (Wildman–Crippen MR) is 67.6 cm³/mol. The van der Waals surface area contributed by atoms with Crippen LogP contribution >= 0.6 is 11.8 Å². The predicted octanol–water partition coefficient (Wildman–Crippen LogP) is 0.461. The highest BCUT2D eigenvalue weighted by molar-refractivity contribution is 7.99. The van der Waals surface area contributed by atoms with E-state index in [1.54, 1.807) is 7.05 Å². The second kappa shape index (κ2) is 4.06. The number of nitrogens with one attached hydrogen (secondary N) is 1. The van der Waals surface area contributed by atoms with Gasteiger partial charge in [-0.15, -0.1) is 0 Å². The van der Waals surface area contributed by atoms with Gasteiger partial charge in [-0.1, -0.05) is 25.6 Å². The molecule has 2 aromatic heterocycles. The second-order valence-corrected chi connectivity index (χ2v) is 5.68. The van der Waals surface area contributed by atoms with Crippen LogP contribution in [0, 0.1) is 0 Å². The van der Waals surface area contributed by atoms with Crippen molar-refractivity contribution >= 4 is 22.9 Å². The van der Waals surface area contributed by atoms with Crippen LogP contribution < -0.4 is 11.2 Å². The molecule has 6 nitrogen and oxygen atoms in total. The van der Waals surface area contributed by atoms with Gasteiger partial charge in [-0.3, -0.25) is 13.9 Å². The van der Waals surface area contributed by atoms with Crippen molar-refractivity contribution in [3.05, 3.63) is 20.8 Å². The van der Waals surface area contributed by atoms with Gasteiger partial charge < -0.3 is 4.98 Å². The molecule has 0 bridgehead atoms. The molecule has 0 spiro atoms. The topological polar surface area (TPSA) is 72.7 Å². The first kappa shape index (κ1) is 12.0. The summed E-state index contributed by atoms with van der Waals surface area (Å²) in [6.45, 7) is 4.07. The third-order valence-corrected chi connectivity index (χ3v) is 3.31. The summed E-state index contributed by atoms with van der Waals surface area (Å²) in [6, 6.07) is 0. The summed E-state index contributed by atoms with van der Waals surface area (Å²) in [4.78, 5) is 30.8. The minimum Gasteiger partial charge on any atom is -0.327 e. The fourth-order valence-electron chi connectivity index (χ4n) is 1.58. The maximum atomic E-state index is 11.9. The highest BCUT2D eigenvalue weighted by Crippen LogP contribution is 2.20. The molecule has 1 N–H and O–H groups in total. The number of thioether (sulfide) groups is 1. The van der Waals surface area contributed by atoms with Gasteiger partial charge in [-0.05, 0) is 0 Å². The Morgan fingerprint density at radius 1 is 1.24 bits per heavy atom. The summed E-state index contributed by atoms with van der Waals surface area (Å²) < 4.78 is 2.45. The number of rotatable bonds is 2. The van der Waals surface area contributed by atoms with Crippen molar-refractivity contribution in [1.29, 1.82) is 0 Å². The number of imidazole rings is 1. The Labute approximate surface area is 102 Å². The standard InChI is InChI=1S/C10H14N4O2S/c1-5(2)17-9-11-6-7(12-9)13(3)10(16)14(4)8(6)15/h5H,1-4H3,(H,11,12). The van der Waals surface area contributed by atoms with Gasteiger partial charge in [-0.25, -0.2) is 9.78 Å². The van der Waals surface area contributed by atoms with Crippen molar-refractivity contribution in [2.75, 3.05) is 0 Å². The van der Waals surface area contributed by atoms with E-state index < -0.39 is 0 Å². The largest absolute Gasteiger partial charge is 0.332 e. The normalized spacial score (nSPS) is 11.6. The first-order valence-corrected chi connectivity index (χ1v) is 6.12. The zero-order chi connectivity index (χ0) is 12.7. The van der Waals surface area contributed by atoms with Crippen LogP contribution in [0.15, 0.2) is 14.7 Å². The van der Waals surface area contributed by atoms with Crippen LogP contribution in [0.3, 0.4) is 0 Å². The third-order valence-electron chi connectivity index (χ3n) is 2.42. The van der Waals surface area contributed by atoms with E-state index in [1.807, 2.05) is 13.8 Å². The van der Waals surface area contributed by atoms with Gasteiger partial charge >= 0.3 is 5.69 Å². The smallest absolute Gasteiger partial charge is 0.327 e. The van der Waals surface area contributed by atoms with Crippen molar-refractivity contribution in [3.63, 3.8) is 0 Å². The average Bonchev–Trinajstić information content (AvgIpc) is 2.66. The van der Waals surface area contributed by atoms with Gasteiger partial charge in [0.1, 0.15) is 0 Å². The summed E-state index contributed by atoms with van der Waals surface area (Å²) in [5, 5.41) is 1.02. The number of nitrogens with zero attached hydrogens (tertiary/aromatic N) is 3. The molecule has 0 unspecified atom stereocenters. The van der Waals surface area contributed by atoms with Crippen molar-refractivity contribution < 1.29 is 0 Å². The van der Waals surface area contributed by atoms with Crippen LogP contribution in [0.25, 0.3) is 11.2 Å².